The van der Waals surface area contributed by atoms with Gasteiger partial charge >= 0.3 is 0 Å². The van der Waals surface area contributed by atoms with Crippen LogP contribution in [0.15, 0.2) is 53.4 Å². The molecule has 1 amide bonds. The second-order valence-corrected chi connectivity index (χ2v) is 9.90. The highest BCUT2D eigenvalue weighted by atomic mass is 32.2. The van der Waals surface area contributed by atoms with Gasteiger partial charge in [0, 0.05) is 12.6 Å². The molecule has 8 heteroatoms. The Morgan fingerprint density at radius 3 is 2.34 bits per heavy atom. The van der Waals surface area contributed by atoms with Gasteiger partial charge in [-0.2, -0.15) is 0 Å². The highest BCUT2D eigenvalue weighted by Gasteiger charge is 2.25. The van der Waals surface area contributed by atoms with Crippen molar-refractivity contribution in [2.45, 2.75) is 38.1 Å². The number of carbonyl (C=O) groups is 1. The van der Waals surface area contributed by atoms with E-state index in [0.717, 1.165) is 10.0 Å². The van der Waals surface area contributed by atoms with Crippen molar-refractivity contribution in [1.29, 1.82) is 0 Å². The van der Waals surface area contributed by atoms with E-state index >= 15 is 0 Å². The molecule has 0 unspecified atom stereocenters. The molecule has 2 rings (SSSR count). The Morgan fingerprint density at radius 1 is 1.17 bits per heavy atom. The summed E-state index contributed by atoms with van der Waals surface area (Å²) in [6.45, 7) is 6.14. The predicted molar refractivity (Wildman–Crippen MR) is 109 cm³/mol. The summed E-state index contributed by atoms with van der Waals surface area (Å²) in [4.78, 5) is 17.6. The molecular formula is C21H27FN2O4S. The molecular weight excluding hydrogens is 395 g/mol. The first-order valence-corrected chi connectivity index (χ1v) is 10.6. The summed E-state index contributed by atoms with van der Waals surface area (Å²) >= 11 is 0. The van der Waals surface area contributed by atoms with Crippen LogP contribution in [0, 0.1) is 11.2 Å². The van der Waals surface area contributed by atoms with Gasteiger partial charge in [0.25, 0.3) is 15.9 Å². The highest BCUT2D eigenvalue weighted by molar-refractivity contribution is 7.89. The van der Waals surface area contributed by atoms with Crippen LogP contribution in [0.3, 0.4) is 0 Å². The number of nitrogens with one attached hydrogen (secondary N) is 1. The van der Waals surface area contributed by atoms with E-state index in [9.17, 15) is 17.6 Å². The number of sulfonamides is 1. The van der Waals surface area contributed by atoms with E-state index in [4.69, 9.17) is 4.84 Å². The highest BCUT2D eigenvalue weighted by Crippen LogP contribution is 2.30. The average molecular weight is 423 g/mol. The topological polar surface area (TPSA) is 75.7 Å². The molecule has 0 spiro atoms. The lowest BCUT2D eigenvalue weighted by molar-refractivity contribution is -0.0258. The van der Waals surface area contributed by atoms with Crippen LogP contribution in [-0.4, -0.2) is 33.0 Å². The Balaban J connectivity index is 2.32. The summed E-state index contributed by atoms with van der Waals surface area (Å²) in [6.07, 6.45) is 0.620. The Hall–Kier alpha value is -2.29. The third-order valence-corrected chi connectivity index (χ3v) is 6.06. The molecule has 0 saturated heterocycles. The lowest BCUT2D eigenvalue weighted by Gasteiger charge is -2.27. The maximum Gasteiger partial charge on any atom is 0.264 e. The Kier molecular flexibility index (Phi) is 7.15. The monoisotopic (exact) mass is 422 g/mol. The van der Waals surface area contributed by atoms with Gasteiger partial charge in [-0.05, 0) is 47.7 Å². The van der Waals surface area contributed by atoms with Crippen molar-refractivity contribution in [2.24, 2.45) is 5.41 Å². The first-order valence-electron chi connectivity index (χ1n) is 9.13. The lowest BCUT2D eigenvalue weighted by Crippen LogP contribution is -2.31. The van der Waals surface area contributed by atoms with E-state index < -0.39 is 15.9 Å². The fourth-order valence-corrected chi connectivity index (χ4v) is 3.87. The van der Waals surface area contributed by atoms with Gasteiger partial charge in [0.1, 0.15) is 5.82 Å². The molecule has 0 aliphatic rings. The smallest absolute Gasteiger partial charge is 0.264 e. The Labute approximate surface area is 171 Å². The van der Waals surface area contributed by atoms with Crippen LogP contribution >= 0.6 is 0 Å². The van der Waals surface area contributed by atoms with Gasteiger partial charge in [0.2, 0.25) is 0 Å². The van der Waals surface area contributed by atoms with Crippen molar-refractivity contribution >= 4 is 15.9 Å². The number of rotatable bonds is 7. The normalized spacial score (nSPS) is 13.3. The van der Waals surface area contributed by atoms with Crippen molar-refractivity contribution in [1.82, 2.24) is 9.79 Å². The van der Waals surface area contributed by atoms with Crippen LogP contribution in [0.5, 0.6) is 0 Å². The van der Waals surface area contributed by atoms with Gasteiger partial charge in [0.15, 0.2) is 0 Å². The van der Waals surface area contributed by atoms with Gasteiger partial charge in [-0.25, -0.2) is 12.8 Å². The summed E-state index contributed by atoms with van der Waals surface area (Å²) in [7, 11) is -1.35. The zero-order valence-corrected chi connectivity index (χ0v) is 18.1. The van der Waals surface area contributed by atoms with Crippen LogP contribution in [0.1, 0.15) is 49.2 Å². The molecule has 0 aromatic heterocycles. The largest absolute Gasteiger partial charge is 0.345 e. The van der Waals surface area contributed by atoms with Crippen LogP contribution in [-0.2, 0) is 14.9 Å². The summed E-state index contributed by atoms with van der Waals surface area (Å²) in [5, 5.41) is 2.95. The molecule has 0 heterocycles. The summed E-state index contributed by atoms with van der Waals surface area (Å²) in [6, 6.07) is 11.4. The zero-order chi connectivity index (χ0) is 21.8. The van der Waals surface area contributed by atoms with Crippen molar-refractivity contribution in [2.75, 3.05) is 14.2 Å². The number of carbonyl (C=O) groups excluding carboxylic acids is 1. The minimum atomic E-state index is -3.87. The molecule has 0 saturated carbocycles. The number of benzene rings is 2. The quantitative estimate of drug-likeness (QED) is 0.687. The summed E-state index contributed by atoms with van der Waals surface area (Å²) < 4.78 is 38.9. The van der Waals surface area contributed by atoms with Gasteiger partial charge in [-0.3, -0.25) is 9.63 Å². The SMILES string of the molecule is CON(C)S(=O)(=O)c1cccc(C(=O)N[C@H](CC(C)(C)C)c2ccc(F)cc2)c1. The fourth-order valence-electron chi connectivity index (χ4n) is 2.85. The van der Waals surface area contributed by atoms with Gasteiger partial charge in [-0.1, -0.05) is 43.4 Å². The molecule has 1 N–H and O–H groups in total. The molecule has 29 heavy (non-hydrogen) atoms. The molecule has 158 valence electrons. The maximum atomic E-state index is 13.3. The molecule has 6 nitrogen and oxygen atoms in total. The predicted octanol–water partition coefficient (Wildman–Crippen LogP) is 3.91. The Morgan fingerprint density at radius 2 is 1.79 bits per heavy atom. The minimum absolute atomic E-state index is 0.0522. The lowest BCUT2D eigenvalue weighted by atomic mass is 9.85. The first kappa shape index (κ1) is 23.0. The molecule has 0 fully saturated rings. The fraction of sp³-hybridized carbons (Fsp3) is 0.381. The summed E-state index contributed by atoms with van der Waals surface area (Å²) in [5.74, 6) is -0.768. The van der Waals surface area contributed by atoms with E-state index in [1.165, 1.54) is 44.5 Å². The first-order chi connectivity index (χ1) is 13.4. The third kappa shape index (κ3) is 6.09. The van der Waals surface area contributed by atoms with Crippen LogP contribution in [0.4, 0.5) is 4.39 Å². The number of hydrogen-bond acceptors (Lipinski definition) is 4. The molecule has 2 aromatic rings. The molecule has 1 atom stereocenters. The molecule has 0 aliphatic carbocycles. The van der Waals surface area contributed by atoms with Crippen LogP contribution in [0.2, 0.25) is 0 Å². The summed E-state index contributed by atoms with van der Waals surface area (Å²) in [5.41, 5.74) is 0.882. The van der Waals surface area contributed by atoms with Crippen LogP contribution < -0.4 is 5.32 Å². The Bertz CT molecular complexity index is 953. The number of hydrogen-bond donors (Lipinski definition) is 1. The molecule has 2 aromatic carbocycles. The minimum Gasteiger partial charge on any atom is -0.345 e. The van der Waals surface area contributed by atoms with Crippen molar-refractivity contribution in [3.05, 3.63) is 65.5 Å². The van der Waals surface area contributed by atoms with E-state index in [0.29, 0.717) is 6.42 Å². The van der Waals surface area contributed by atoms with Crippen LogP contribution in [0.25, 0.3) is 0 Å². The average Bonchev–Trinajstić information content (AvgIpc) is 2.66. The van der Waals surface area contributed by atoms with E-state index in [-0.39, 0.29) is 27.7 Å². The van der Waals surface area contributed by atoms with Gasteiger partial charge in [-0.15, -0.1) is 0 Å². The zero-order valence-electron chi connectivity index (χ0n) is 17.3. The molecule has 0 radical (unpaired) electrons. The second kappa shape index (κ2) is 9.02. The molecule has 0 aliphatic heterocycles. The van der Waals surface area contributed by atoms with E-state index in [2.05, 4.69) is 5.32 Å². The second-order valence-electron chi connectivity index (χ2n) is 7.97. The number of hydroxylamine groups is 1. The standard InChI is InChI=1S/C21H27FN2O4S/c1-21(2,3)14-19(15-9-11-17(22)12-10-15)23-20(25)16-7-6-8-18(13-16)29(26,27)24(4)28-5/h6-13,19H,14H2,1-5H3,(H,23,25)/t19-/m1/s1. The number of nitrogens with zero attached hydrogens (tertiary/aromatic N) is 1. The number of amides is 1. The van der Waals surface area contributed by atoms with Gasteiger partial charge < -0.3 is 5.32 Å². The van der Waals surface area contributed by atoms with E-state index in [1.807, 2.05) is 20.8 Å². The third-order valence-electron chi connectivity index (χ3n) is 4.38. The van der Waals surface area contributed by atoms with Crippen molar-refractivity contribution < 1.29 is 22.4 Å². The van der Waals surface area contributed by atoms with Crippen molar-refractivity contribution in [3.8, 4) is 0 Å². The molecule has 0 bridgehead atoms. The van der Waals surface area contributed by atoms with Crippen molar-refractivity contribution in [3.63, 3.8) is 0 Å². The number of halogens is 1. The van der Waals surface area contributed by atoms with E-state index in [1.54, 1.807) is 18.2 Å². The maximum absolute atomic E-state index is 13.3. The van der Waals surface area contributed by atoms with Gasteiger partial charge in [0.05, 0.1) is 18.0 Å².